The molecule has 0 amide bonds. The Labute approximate surface area is 162 Å². The molecule has 1 N–H and O–H groups in total. The van der Waals surface area contributed by atoms with Crippen LogP contribution in [0.15, 0.2) is 54.6 Å². The largest absolute Gasteiger partial charge is 0.545 e. The van der Waals surface area contributed by atoms with Crippen LogP contribution in [0.3, 0.4) is 0 Å². The molecule has 2 aliphatic rings. The van der Waals surface area contributed by atoms with Crippen molar-refractivity contribution in [2.24, 2.45) is 5.92 Å². The van der Waals surface area contributed by atoms with Crippen molar-refractivity contribution in [2.45, 2.75) is 18.4 Å². The summed E-state index contributed by atoms with van der Waals surface area (Å²) in [6.45, 7) is -0.125. The molecule has 2 aromatic carbocycles. The monoisotopic (exact) mass is 378 g/mol. The highest BCUT2D eigenvalue weighted by molar-refractivity contribution is 5.87. The summed E-state index contributed by atoms with van der Waals surface area (Å²) < 4.78 is 9.98. The third-order valence-corrected chi connectivity index (χ3v) is 5.42. The fourth-order valence-corrected chi connectivity index (χ4v) is 4.02. The van der Waals surface area contributed by atoms with E-state index in [2.05, 4.69) is 22.2 Å². The molecule has 0 unspecified atom stereocenters. The maximum atomic E-state index is 11.2. The van der Waals surface area contributed by atoms with Crippen LogP contribution in [0.1, 0.15) is 39.9 Å². The molecule has 0 saturated carbocycles. The predicted molar refractivity (Wildman–Crippen MR) is 101 cm³/mol. The summed E-state index contributed by atoms with van der Waals surface area (Å²) in [6.07, 6.45) is 5.22. The molecule has 3 atom stereocenters. The number of carboxylic acid groups (broad SMARTS) is 1. The van der Waals surface area contributed by atoms with Crippen LogP contribution in [-0.2, 0) is 9.53 Å². The van der Waals surface area contributed by atoms with Crippen molar-refractivity contribution < 1.29 is 24.2 Å². The lowest BCUT2D eigenvalue weighted by Gasteiger charge is -2.38. The Balaban J connectivity index is 1.58. The number of ether oxygens (including phenoxy) is 2. The lowest BCUT2D eigenvalue weighted by atomic mass is 9.76. The van der Waals surface area contributed by atoms with Gasteiger partial charge in [0.05, 0.1) is 19.1 Å². The lowest BCUT2D eigenvalue weighted by Crippen LogP contribution is -2.30. The molecule has 28 heavy (non-hydrogen) atoms. The van der Waals surface area contributed by atoms with Crippen LogP contribution in [0.2, 0.25) is 0 Å². The summed E-state index contributed by atoms with van der Waals surface area (Å²) in [6, 6.07) is 12.8. The van der Waals surface area contributed by atoms with Crippen LogP contribution in [0.4, 0.5) is 5.69 Å². The third-order valence-electron chi connectivity index (χ3n) is 5.42. The van der Waals surface area contributed by atoms with E-state index >= 15 is 0 Å². The molecule has 144 valence electrons. The van der Waals surface area contributed by atoms with E-state index in [1.807, 2.05) is 30.3 Å². The fraction of sp³-hybridized carbons (Fsp3) is 0.273. The van der Waals surface area contributed by atoms with Crippen LogP contribution in [-0.4, -0.2) is 25.7 Å². The average molecular weight is 378 g/mol. The van der Waals surface area contributed by atoms with Crippen LogP contribution < -0.4 is 15.2 Å². The molecule has 4 rings (SSSR count). The van der Waals surface area contributed by atoms with Crippen LogP contribution >= 0.6 is 0 Å². The zero-order valence-electron chi connectivity index (χ0n) is 15.4. The van der Waals surface area contributed by atoms with E-state index in [0.717, 1.165) is 23.2 Å². The van der Waals surface area contributed by atoms with Crippen molar-refractivity contribution in [3.63, 3.8) is 0 Å². The molecule has 0 fully saturated rings. The van der Waals surface area contributed by atoms with E-state index in [1.54, 1.807) is 12.1 Å². The fourth-order valence-electron chi connectivity index (χ4n) is 4.02. The van der Waals surface area contributed by atoms with Gasteiger partial charge in [0, 0.05) is 11.6 Å². The van der Waals surface area contributed by atoms with Crippen molar-refractivity contribution in [1.29, 1.82) is 0 Å². The molecular weight excluding hydrogens is 358 g/mol. The third kappa shape index (κ3) is 3.33. The van der Waals surface area contributed by atoms with Crippen molar-refractivity contribution in [3.05, 3.63) is 71.3 Å². The van der Waals surface area contributed by atoms with Crippen molar-refractivity contribution in [2.75, 3.05) is 19.0 Å². The Morgan fingerprint density at radius 1 is 1.18 bits per heavy atom. The summed E-state index contributed by atoms with van der Waals surface area (Å²) in [4.78, 5) is 22.4. The number of methoxy groups -OCH3 is 1. The Kier molecular flexibility index (Phi) is 4.77. The number of fused-ring (bicyclic) bond motifs is 3. The van der Waals surface area contributed by atoms with Crippen molar-refractivity contribution in [3.8, 4) is 5.75 Å². The quantitative estimate of drug-likeness (QED) is 0.635. The zero-order valence-corrected chi connectivity index (χ0v) is 15.4. The van der Waals surface area contributed by atoms with Crippen molar-refractivity contribution >= 4 is 17.6 Å². The molecule has 1 aliphatic heterocycles. The van der Waals surface area contributed by atoms with Gasteiger partial charge in [-0.25, -0.2) is 4.79 Å². The molecule has 0 radical (unpaired) electrons. The normalized spacial score (nSPS) is 22.0. The molecule has 0 saturated heterocycles. The molecular formula is C22H20NO5-. The number of carboxylic acids is 1. The molecule has 0 aromatic heterocycles. The number of hydrogen-bond acceptors (Lipinski definition) is 6. The van der Waals surface area contributed by atoms with Gasteiger partial charge in [-0.15, -0.1) is 0 Å². The second-order valence-corrected chi connectivity index (χ2v) is 7.00. The van der Waals surface area contributed by atoms with Crippen molar-refractivity contribution in [1.82, 2.24) is 0 Å². The minimum Gasteiger partial charge on any atom is -0.545 e. The molecule has 6 nitrogen and oxygen atoms in total. The lowest BCUT2D eigenvalue weighted by molar-refractivity contribution is -0.255. The Morgan fingerprint density at radius 3 is 2.68 bits per heavy atom. The second-order valence-electron chi connectivity index (χ2n) is 7.00. The summed E-state index contributed by atoms with van der Waals surface area (Å²) >= 11 is 0. The molecule has 0 bridgehead atoms. The van der Waals surface area contributed by atoms with Gasteiger partial charge in [-0.3, -0.25) is 0 Å². The number of rotatable bonds is 5. The van der Waals surface area contributed by atoms with E-state index in [0.29, 0.717) is 11.7 Å². The number of aromatic carboxylic acids is 1. The Bertz CT molecular complexity index is 934. The van der Waals surface area contributed by atoms with Crippen LogP contribution in [0.25, 0.3) is 0 Å². The van der Waals surface area contributed by atoms with E-state index < -0.39 is 11.9 Å². The van der Waals surface area contributed by atoms with Gasteiger partial charge in [-0.2, -0.15) is 0 Å². The molecule has 0 spiro atoms. The molecule has 1 aliphatic carbocycles. The SMILES string of the molecule is COC(=O)COc1ccc([C@@H]2Nc3ccc(C(=O)[O-])cc3[C@H]3C=CC[C@@H]32)cc1. The van der Waals surface area contributed by atoms with Gasteiger partial charge >= 0.3 is 5.97 Å². The first-order valence-electron chi connectivity index (χ1n) is 9.15. The van der Waals surface area contributed by atoms with E-state index in [9.17, 15) is 14.7 Å². The van der Waals surface area contributed by atoms with Gasteiger partial charge in [-0.05, 0) is 53.3 Å². The van der Waals surface area contributed by atoms with Gasteiger partial charge in [0.15, 0.2) is 6.61 Å². The molecule has 1 heterocycles. The predicted octanol–water partition coefficient (Wildman–Crippen LogP) is 2.43. The summed E-state index contributed by atoms with van der Waals surface area (Å²) in [5.41, 5.74) is 3.24. The summed E-state index contributed by atoms with van der Waals surface area (Å²) in [5, 5.41) is 14.8. The van der Waals surface area contributed by atoms with Crippen LogP contribution in [0.5, 0.6) is 5.75 Å². The number of carbonyl (C=O) groups is 2. The zero-order chi connectivity index (χ0) is 19.7. The van der Waals surface area contributed by atoms with Gasteiger partial charge in [-0.1, -0.05) is 30.4 Å². The molecule has 2 aromatic rings. The van der Waals surface area contributed by atoms with E-state index in [1.165, 1.54) is 7.11 Å². The number of anilines is 1. The smallest absolute Gasteiger partial charge is 0.343 e. The maximum absolute atomic E-state index is 11.2. The highest BCUT2D eigenvalue weighted by atomic mass is 16.6. The first-order chi connectivity index (χ1) is 13.6. The van der Waals surface area contributed by atoms with Gasteiger partial charge in [0.25, 0.3) is 0 Å². The molecule has 6 heteroatoms. The summed E-state index contributed by atoms with van der Waals surface area (Å²) in [7, 11) is 1.32. The highest BCUT2D eigenvalue weighted by Crippen LogP contribution is 2.50. The minimum atomic E-state index is -1.16. The van der Waals surface area contributed by atoms with Gasteiger partial charge < -0.3 is 24.7 Å². The van der Waals surface area contributed by atoms with Gasteiger partial charge in [0.1, 0.15) is 5.75 Å². The summed E-state index contributed by atoms with van der Waals surface area (Å²) in [5.74, 6) is -0.524. The minimum absolute atomic E-state index is 0.0935. The van der Waals surface area contributed by atoms with Gasteiger partial charge in [0.2, 0.25) is 0 Å². The number of hydrogen-bond donors (Lipinski definition) is 1. The highest BCUT2D eigenvalue weighted by Gasteiger charge is 2.37. The second kappa shape index (κ2) is 7.38. The first-order valence-corrected chi connectivity index (χ1v) is 9.15. The standard InChI is InChI=1S/C22H21NO5/c1-27-20(24)12-28-15-8-5-13(6-9-15)21-17-4-2-3-16(17)18-11-14(22(25)26)7-10-19(18)23-21/h2-3,5-11,16-17,21,23H,4,12H2,1H3,(H,25,26)/p-1/t16-,17-,21-/m0/s1. The number of carbonyl (C=O) groups excluding carboxylic acids is 2. The number of nitrogens with one attached hydrogen (secondary N) is 1. The Morgan fingerprint density at radius 2 is 1.96 bits per heavy atom. The van der Waals surface area contributed by atoms with Crippen LogP contribution in [0, 0.1) is 5.92 Å². The number of benzene rings is 2. The maximum Gasteiger partial charge on any atom is 0.343 e. The van der Waals surface area contributed by atoms with E-state index in [4.69, 9.17) is 4.74 Å². The van der Waals surface area contributed by atoms with E-state index in [-0.39, 0.29) is 24.1 Å². The number of esters is 1. The first kappa shape index (κ1) is 18.1. The topological polar surface area (TPSA) is 87.7 Å². The number of allylic oxidation sites excluding steroid dienone is 2. The Hall–Kier alpha value is -3.28. The average Bonchev–Trinajstić information content (AvgIpc) is 3.21.